The van der Waals surface area contributed by atoms with Crippen molar-refractivity contribution in [2.45, 2.75) is 13.3 Å². The van der Waals surface area contributed by atoms with Gasteiger partial charge < -0.3 is 10.1 Å². The van der Waals surface area contributed by atoms with E-state index in [1.807, 2.05) is 31.2 Å². The van der Waals surface area contributed by atoms with Gasteiger partial charge in [0.05, 0.1) is 6.61 Å². The molecule has 0 aliphatic rings. The maximum absolute atomic E-state index is 11.1. The van der Waals surface area contributed by atoms with Gasteiger partial charge in [-0.25, -0.2) is 0 Å². The van der Waals surface area contributed by atoms with Gasteiger partial charge in [-0.05, 0) is 18.6 Å². The Hall–Kier alpha value is -2.37. The number of ether oxygens (including phenoxy) is 1. The highest BCUT2D eigenvalue weighted by molar-refractivity contribution is 5.55. The number of hydrogen-bond acceptors (Lipinski definition) is 5. The van der Waals surface area contributed by atoms with E-state index in [0.29, 0.717) is 12.6 Å². The van der Waals surface area contributed by atoms with Crippen LogP contribution in [-0.4, -0.2) is 21.8 Å². The van der Waals surface area contributed by atoms with E-state index in [2.05, 4.69) is 20.5 Å². The van der Waals surface area contributed by atoms with Crippen LogP contribution in [0.1, 0.15) is 13.3 Å². The Morgan fingerprint density at radius 2 is 2.33 bits per heavy atom. The molecule has 1 aromatic carbocycles. The van der Waals surface area contributed by atoms with Gasteiger partial charge in [0.15, 0.2) is 0 Å². The zero-order valence-electron chi connectivity index (χ0n) is 10.0. The molecule has 0 amide bonds. The predicted octanol–water partition coefficient (Wildman–Crippen LogP) is 1.70. The third-order valence-electron chi connectivity index (χ3n) is 2.14. The first-order valence-corrected chi connectivity index (χ1v) is 5.70. The van der Waals surface area contributed by atoms with Crippen molar-refractivity contribution in [1.29, 1.82) is 0 Å². The van der Waals surface area contributed by atoms with Gasteiger partial charge in [-0.1, -0.05) is 13.0 Å². The number of aromatic nitrogens is 3. The van der Waals surface area contributed by atoms with E-state index in [9.17, 15) is 4.79 Å². The number of rotatable bonds is 5. The molecule has 2 rings (SSSR count). The summed E-state index contributed by atoms with van der Waals surface area (Å²) in [5, 5.41) is 10.3. The van der Waals surface area contributed by atoms with Crippen molar-refractivity contribution >= 4 is 11.6 Å². The zero-order chi connectivity index (χ0) is 12.8. The molecule has 94 valence electrons. The number of nitrogens with zero attached hydrogens (tertiary/aromatic N) is 2. The van der Waals surface area contributed by atoms with Crippen molar-refractivity contribution in [3.8, 4) is 5.75 Å². The Bertz CT molecular complexity index is 568. The van der Waals surface area contributed by atoms with Gasteiger partial charge in [0, 0.05) is 11.8 Å². The van der Waals surface area contributed by atoms with E-state index in [1.165, 1.54) is 0 Å². The minimum atomic E-state index is -0.300. The number of H-pyrrole nitrogens is 1. The van der Waals surface area contributed by atoms with Crippen LogP contribution in [0.15, 0.2) is 35.3 Å². The number of hydrogen-bond donors (Lipinski definition) is 2. The normalized spacial score (nSPS) is 10.1. The van der Waals surface area contributed by atoms with E-state index >= 15 is 0 Å². The molecule has 18 heavy (non-hydrogen) atoms. The second-order valence-corrected chi connectivity index (χ2v) is 3.68. The number of aromatic amines is 1. The summed E-state index contributed by atoms with van der Waals surface area (Å²) in [5.74, 6) is 1.07. The van der Waals surface area contributed by atoms with Gasteiger partial charge >= 0.3 is 0 Å². The van der Waals surface area contributed by atoms with Gasteiger partial charge in [-0.2, -0.15) is 0 Å². The van der Waals surface area contributed by atoms with Crippen molar-refractivity contribution in [2.24, 2.45) is 0 Å². The van der Waals surface area contributed by atoms with Crippen LogP contribution < -0.4 is 15.6 Å². The Labute approximate surface area is 104 Å². The molecule has 1 heterocycles. The summed E-state index contributed by atoms with van der Waals surface area (Å²) in [6, 6.07) is 7.43. The summed E-state index contributed by atoms with van der Waals surface area (Å²) < 4.78 is 5.51. The summed E-state index contributed by atoms with van der Waals surface area (Å²) in [6.45, 7) is 2.72. The largest absolute Gasteiger partial charge is 0.494 e. The van der Waals surface area contributed by atoms with Crippen LogP contribution in [-0.2, 0) is 0 Å². The highest BCUT2D eigenvalue weighted by Gasteiger charge is 1.99. The highest BCUT2D eigenvalue weighted by atomic mass is 16.5. The molecule has 0 radical (unpaired) electrons. The second kappa shape index (κ2) is 5.81. The predicted molar refractivity (Wildman–Crippen MR) is 68.2 cm³/mol. The lowest BCUT2D eigenvalue weighted by Gasteiger charge is -2.07. The van der Waals surface area contributed by atoms with Crippen LogP contribution >= 0.6 is 0 Å². The van der Waals surface area contributed by atoms with Crippen molar-refractivity contribution in [3.05, 3.63) is 40.8 Å². The molecule has 0 fully saturated rings. The van der Waals surface area contributed by atoms with Crippen molar-refractivity contribution in [1.82, 2.24) is 15.2 Å². The zero-order valence-corrected chi connectivity index (χ0v) is 10.0. The fourth-order valence-corrected chi connectivity index (χ4v) is 1.39. The molecule has 0 unspecified atom stereocenters. The number of anilines is 2. The minimum absolute atomic E-state index is 0.300. The summed E-state index contributed by atoms with van der Waals surface area (Å²) in [6.07, 6.45) is 2.07. The van der Waals surface area contributed by atoms with Crippen LogP contribution in [0.5, 0.6) is 5.75 Å². The molecule has 0 saturated heterocycles. The number of benzene rings is 1. The van der Waals surface area contributed by atoms with Crippen LogP contribution in [0.4, 0.5) is 11.6 Å². The first kappa shape index (κ1) is 12.1. The molecular weight excluding hydrogens is 232 g/mol. The molecule has 0 atom stereocenters. The molecule has 0 bridgehead atoms. The Morgan fingerprint density at radius 3 is 3.11 bits per heavy atom. The molecule has 6 nitrogen and oxygen atoms in total. The summed E-state index contributed by atoms with van der Waals surface area (Å²) >= 11 is 0. The molecule has 0 spiro atoms. The smallest absolute Gasteiger partial charge is 0.271 e. The SMILES string of the molecule is CCCOc1cccc(Nc2nncc(=O)[nH]2)c1. The second-order valence-electron chi connectivity index (χ2n) is 3.68. The van der Waals surface area contributed by atoms with Gasteiger partial charge in [0.1, 0.15) is 11.9 Å². The summed E-state index contributed by atoms with van der Waals surface area (Å²) in [7, 11) is 0. The average Bonchev–Trinajstić information content (AvgIpc) is 2.37. The first-order chi connectivity index (χ1) is 8.78. The molecule has 0 aliphatic carbocycles. The van der Waals surface area contributed by atoms with E-state index in [-0.39, 0.29) is 5.56 Å². The maximum atomic E-state index is 11.1. The van der Waals surface area contributed by atoms with Gasteiger partial charge in [0.2, 0.25) is 5.95 Å². The lowest BCUT2D eigenvalue weighted by Crippen LogP contribution is -2.10. The standard InChI is InChI=1S/C12H14N4O2/c1-2-6-18-10-5-3-4-9(7-10)14-12-15-11(17)8-13-16-12/h3-5,7-8H,2,6H2,1H3,(H2,14,15,16,17). The molecule has 0 aliphatic heterocycles. The van der Waals surface area contributed by atoms with E-state index in [1.54, 1.807) is 0 Å². The Balaban J connectivity index is 2.11. The third kappa shape index (κ3) is 3.31. The Kier molecular flexibility index (Phi) is 3.90. The van der Waals surface area contributed by atoms with Crippen LogP contribution in [0.3, 0.4) is 0 Å². The van der Waals surface area contributed by atoms with Gasteiger partial charge in [-0.15, -0.1) is 10.2 Å². The average molecular weight is 246 g/mol. The van der Waals surface area contributed by atoms with E-state index in [0.717, 1.165) is 24.1 Å². The maximum Gasteiger partial charge on any atom is 0.271 e. The quantitative estimate of drug-likeness (QED) is 0.839. The summed E-state index contributed by atoms with van der Waals surface area (Å²) in [4.78, 5) is 13.6. The third-order valence-corrected chi connectivity index (χ3v) is 2.14. The lowest BCUT2D eigenvalue weighted by atomic mass is 10.3. The molecular formula is C12H14N4O2. The molecule has 2 aromatic rings. The molecule has 1 aromatic heterocycles. The highest BCUT2D eigenvalue weighted by Crippen LogP contribution is 2.19. The fourth-order valence-electron chi connectivity index (χ4n) is 1.39. The number of nitrogens with one attached hydrogen (secondary N) is 2. The topological polar surface area (TPSA) is 79.9 Å². The van der Waals surface area contributed by atoms with Crippen molar-refractivity contribution < 1.29 is 4.74 Å². The summed E-state index contributed by atoms with van der Waals surface area (Å²) in [5.41, 5.74) is 0.477. The molecule has 6 heteroatoms. The monoisotopic (exact) mass is 246 g/mol. The molecule has 2 N–H and O–H groups in total. The fraction of sp³-hybridized carbons (Fsp3) is 0.250. The van der Waals surface area contributed by atoms with E-state index < -0.39 is 0 Å². The van der Waals surface area contributed by atoms with Crippen LogP contribution in [0, 0.1) is 0 Å². The van der Waals surface area contributed by atoms with E-state index in [4.69, 9.17) is 4.74 Å². The van der Waals surface area contributed by atoms with Crippen LogP contribution in [0.2, 0.25) is 0 Å². The van der Waals surface area contributed by atoms with Gasteiger partial charge in [0.25, 0.3) is 5.56 Å². The van der Waals surface area contributed by atoms with Crippen molar-refractivity contribution in [3.63, 3.8) is 0 Å². The van der Waals surface area contributed by atoms with Crippen molar-refractivity contribution in [2.75, 3.05) is 11.9 Å². The first-order valence-electron chi connectivity index (χ1n) is 5.70. The van der Waals surface area contributed by atoms with Gasteiger partial charge in [-0.3, -0.25) is 9.78 Å². The minimum Gasteiger partial charge on any atom is -0.494 e. The molecule has 0 saturated carbocycles. The van der Waals surface area contributed by atoms with Crippen LogP contribution in [0.25, 0.3) is 0 Å². The Morgan fingerprint density at radius 1 is 1.44 bits per heavy atom. The lowest BCUT2D eigenvalue weighted by molar-refractivity contribution is 0.317.